The Morgan fingerprint density at radius 3 is 3.00 bits per heavy atom. The maximum Gasteiger partial charge on any atom is 0.379 e. The third kappa shape index (κ3) is 1.73. The number of hydrogen-bond donors (Lipinski definition) is 0. The van der Waals surface area contributed by atoms with E-state index in [1.807, 2.05) is 25.1 Å². The highest BCUT2D eigenvalue weighted by atomic mass is 16.5. The fourth-order valence-electron chi connectivity index (χ4n) is 2.50. The third-order valence-electron chi connectivity index (χ3n) is 3.51. The van der Waals surface area contributed by atoms with Crippen LogP contribution < -0.4 is 0 Å². The molecule has 1 aliphatic carbocycles. The van der Waals surface area contributed by atoms with Crippen molar-refractivity contribution >= 4 is 5.97 Å². The highest BCUT2D eigenvalue weighted by molar-refractivity contribution is 5.84. The normalized spacial score (nSPS) is 20.5. The minimum atomic E-state index is -0.547. The molecule has 1 aromatic carbocycles. The standard InChI is InChI=1S/C14H14N2O3/c1-3-18-12(17)11-15-13(19-16-11)14(2)8-9-6-4-5-7-10(9)14/h4-7H,3,8H2,1-2H3. The summed E-state index contributed by atoms with van der Waals surface area (Å²) in [6.45, 7) is 4.07. The van der Waals surface area contributed by atoms with Crippen LogP contribution in [0.15, 0.2) is 28.8 Å². The van der Waals surface area contributed by atoms with Gasteiger partial charge in [0.25, 0.3) is 5.82 Å². The first kappa shape index (κ1) is 11.9. The Kier molecular flexibility index (Phi) is 2.62. The summed E-state index contributed by atoms with van der Waals surface area (Å²) in [5, 5.41) is 3.70. The van der Waals surface area contributed by atoms with Gasteiger partial charge >= 0.3 is 5.97 Å². The summed E-state index contributed by atoms with van der Waals surface area (Å²) in [6.07, 6.45) is 0.841. The van der Waals surface area contributed by atoms with Gasteiger partial charge in [-0.2, -0.15) is 4.98 Å². The van der Waals surface area contributed by atoms with E-state index < -0.39 is 5.97 Å². The molecule has 0 amide bonds. The Balaban J connectivity index is 1.91. The molecule has 0 fully saturated rings. The molecule has 1 unspecified atom stereocenters. The molecular weight excluding hydrogens is 244 g/mol. The summed E-state index contributed by atoms with van der Waals surface area (Å²) >= 11 is 0. The van der Waals surface area contributed by atoms with Crippen molar-refractivity contribution in [1.29, 1.82) is 0 Å². The minimum Gasteiger partial charge on any atom is -0.460 e. The number of fused-ring (bicyclic) bond motifs is 1. The second-order valence-electron chi connectivity index (χ2n) is 4.81. The highest BCUT2D eigenvalue weighted by Gasteiger charge is 2.44. The van der Waals surface area contributed by atoms with E-state index in [9.17, 15) is 4.79 Å². The molecule has 1 heterocycles. The predicted molar refractivity (Wildman–Crippen MR) is 66.9 cm³/mol. The van der Waals surface area contributed by atoms with E-state index in [1.165, 1.54) is 11.1 Å². The van der Waals surface area contributed by atoms with Crippen molar-refractivity contribution in [3.8, 4) is 0 Å². The Labute approximate surface area is 110 Å². The largest absolute Gasteiger partial charge is 0.460 e. The molecule has 0 saturated heterocycles. The molecule has 5 heteroatoms. The van der Waals surface area contributed by atoms with Crippen molar-refractivity contribution in [3.63, 3.8) is 0 Å². The summed E-state index contributed by atoms with van der Waals surface area (Å²) in [5.41, 5.74) is 2.16. The van der Waals surface area contributed by atoms with Gasteiger partial charge in [0.05, 0.1) is 12.0 Å². The van der Waals surface area contributed by atoms with Gasteiger partial charge in [0.1, 0.15) is 0 Å². The Hall–Kier alpha value is -2.17. The van der Waals surface area contributed by atoms with E-state index in [1.54, 1.807) is 6.92 Å². The fraction of sp³-hybridized carbons (Fsp3) is 0.357. The van der Waals surface area contributed by atoms with Crippen LogP contribution >= 0.6 is 0 Å². The van der Waals surface area contributed by atoms with Gasteiger partial charge in [0.15, 0.2) is 0 Å². The molecule has 1 atom stereocenters. The molecule has 2 aromatic rings. The van der Waals surface area contributed by atoms with Gasteiger partial charge in [-0.15, -0.1) is 0 Å². The topological polar surface area (TPSA) is 65.2 Å². The number of benzene rings is 1. The van der Waals surface area contributed by atoms with Crippen molar-refractivity contribution in [2.75, 3.05) is 6.61 Å². The average molecular weight is 258 g/mol. The van der Waals surface area contributed by atoms with Crippen molar-refractivity contribution in [2.24, 2.45) is 0 Å². The number of esters is 1. The number of nitrogens with zero attached hydrogens (tertiary/aromatic N) is 2. The molecule has 5 nitrogen and oxygen atoms in total. The average Bonchev–Trinajstić information content (AvgIpc) is 2.87. The zero-order chi connectivity index (χ0) is 13.5. The lowest BCUT2D eigenvalue weighted by Crippen LogP contribution is -2.37. The van der Waals surface area contributed by atoms with Gasteiger partial charge < -0.3 is 9.26 Å². The van der Waals surface area contributed by atoms with Crippen LogP contribution in [0, 0.1) is 0 Å². The summed E-state index contributed by atoms with van der Waals surface area (Å²) in [6, 6.07) is 8.13. The Morgan fingerprint density at radius 1 is 1.47 bits per heavy atom. The first-order chi connectivity index (χ1) is 9.15. The van der Waals surface area contributed by atoms with Crippen LogP contribution in [0.4, 0.5) is 0 Å². The van der Waals surface area contributed by atoms with Crippen molar-refractivity contribution in [1.82, 2.24) is 10.1 Å². The molecule has 3 rings (SSSR count). The van der Waals surface area contributed by atoms with Crippen LogP contribution in [0.3, 0.4) is 0 Å². The second-order valence-corrected chi connectivity index (χ2v) is 4.81. The number of rotatable bonds is 3. The molecule has 0 aliphatic heterocycles. The van der Waals surface area contributed by atoms with Gasteiger partial charge in [-0.25, -0.2) is 4.79 Å². The Bertz CT molecular complexity index is 635. The van der Waals surface area contributed by atoms with Crippen LogP contribution in [0.5, 0.6) is 0 Å². The fourth-order valence-corrected chi connectivity index (χ4v) is 2.50. The van der Waals surface area contributed by atoms with Crippen LogP contribution in [-0.2, 0) is 16.6 Å². The molecule has 19 heavy (non-hydrogen) atoms. The zero-order valence-corrected chi connectivity index (χ0v) is 10.8. The molecule has 0 saturated carbocycles. The van der Waals surface area contributed by atoms with Crippen molar-refractivity contribution in [2.45, 2.75) is 25.7 Å². The first-order valence-corrected chi connectivity index (χ1v) is 6.25. The van der Waals surface area contributed by atoms with Gasteiger partial charge in [-0.05, 0) is 36.6 Å². The quantitative estimate of drug-likeness (QED) is 0.789. The summed E-state index contributed by atoms with van der Waals surface area (Å²) < 4.78 is 10.1. The number of hydrogen-bond acceptors (Lipinski definition) is 5. The van der Waals surface area contributed by atoms with Crippen LogP contribution in [0.2, 0.25) is 0 Å². The van der Waals surface area contributed by atoms with Gasteiger partial charge in [-0.3, -0.25) is 0 Å². The summed E-state index contributed by atoms with van der Waals surface area (Å²) in [7, 11) is 0. The van der Waals surface area contributed by atoms with Gasteiger partial charge in [-0.1, -0.05) is 24.3 Å². The lowest BCUT2D eigenvalue weighted by molar-refractivity contribution is 0.0508. The van der Waals surface area contributed by atoms with Crippen molar-refractivity contribution in [3.05, 3.63) is 47.1 Å². The van der Waals surface area contributed by atoms with E-state index in [0.717, 1.165) is 6.42 Å². The zero-order valence-electron chi connectivity index (χ0n) is 10.8. The van der Waals surface area contributed by atoms with E-state index in [-0.39, 0.29) is 11.2 Å². The molecule has 1 aliphatic rings. The third-order valence-corrected chi connectivity index (χ3v) is 3.51. The van der Waals surface area contributed by atoms with E-state index in [2.05, 4.69) is 16.2 Å². The van der Waals surface area contributed by atoms with Gasteiger partial charge in [0.2, 0.25) is 5.89 Å². The summed E-state index contributed by atoms with van der Waals surface area (Å²) in [5.74, 6) is -0.0922. The molecule has 0 bridgehead atoms. The van der Waals surface area contributed by atoms with Gasteiger partial charge in [0, 0.05) is 0 Å². The lowest BCUT2D eigenvalue weighted by Gasteiger charge is -2.37. The van der Waals surface area contributed by atoms with E-state index in [0.29, 0.717) is 12.5 Å². The first-order valence-electron chi connectivity index (χ1n) is 6.25. The molecular formula is C14H14N2O3. The smallest absolute Gasteiger partial charge is 0.379 e. The number of aromatic nitrogens is 2. The van der Waals surface area contributed by atoms with E-state index in [4.69, 9.17) is 9.26 Å². The molecule has 1 aromatic heterocycles. The SMILES string of the molecule is CCOC(=O)c1noc(C2(C)Cc3ccccc32)n1. The second kappa shape index (κ2) is 4.19. The number of ether oxygens (including phenoxy) is 1. The molecule has 98 valence electrons. The molecule has 0 radical (unpaired) electrons. The lowest BCUT2D eigenvalue weighted by atomic mass is 9.65. The van der Waals surface area contributed by atoms with Crippen LogP contribution in [0.25, 0.3) is 0 Å². The highest BCUT2D eigenvalue weighted by Crippen LogP contribution is 2.44. The van der Waals surface area contributed by atoms with Crippen LogP contribution in [0.1, 0.15) is 41.5 Å². The monoisotopic (exact) mass is 258 g/mol. The van der Waals surface area contributed by atoms with E-state index >= 15 is 0 Å². The predicted octanol–water partition coefficient (Wildman–Crippen LogP) is 2.11. The maximum absolute atomic E-state index is 11.5. The minimum absolute atomic E-state index is 0.0116. The molecule has 0 N–H and O–H groups in total. The molecule has 0 spiro atoms. The Morgan fingerprint density at radius 2 is 2.26 bits per heavy atom. The summed E-state index contributed by atoms with van der Waals surface area (Å²) in [4.78, 5) is 15.7. The number of carbonyl (C=O) groups excluding carboxylic acids is 1. The van der Waals surface area contributed by atoms with Crippen LogP contribution in [-0.4, -0.2) is 22.7 Å². The maximum atomic E-state index is 11.5. The van der Waals surface area contributed by atoms with Crippen molar-refractivity contribution < 1.29 is 14.1 Å². The number of carbonyl (C=O) groups is 1.